The standard InChI is InChI=1S/C10H18.H2O2/c1-7-4-5-8-6-9(7)10(8,2)3;1-2/h7-9H,4-6H2,1-3H3;1-2H/p-1. The molecule has 1 N–H and O–H groups in total. The maximum atomic E-state index is 7.25. The van der Waals surface area contributed by atoms with E-state index in [4.69, 9.17) is 10.5 Å². The molecule has 0 aliphatic heterocycles. The van der Waals surface area contributed by atoms with Crippen LogP contribution in [0.2, 0.25) is 0 Å². The second-order valence-corrected chi connectivity index (χ2v) is 4.92. The van der Waals surface area contributed by atoms with Crippen molar-refractivity contribution in [1.29, 1.82) is 0 Å². The van der Waals surface area contributed by atoms with Crippen LogP contribution in [0.5, 0.6) is 0 Å². The zero-order valence-electron chi connectivity index (χ0n) is 8.21. The van der Waals surface area contributed by atoms with Crippen LogP contribution in [-0.2, 0) is 0 Å². The number of fused-ring (bicyclic) bond motifs is 2. The van der Waals surface area contributed by atoms with Gasteiger partial charge in [0.05, 0.1) is 0 Å². The lowest BCUT2D eigenvalue weighted by Crippen LogP contribution is -2.51. The van der Waals surface area contributed by atoms with Crippen molar-refractivity contribution in [3.05, 3.63) is 0 Å². The molecule has 0 saturated heterocycles. The second kappa shape index (κ2) is 3.35. The molecule has 3 fully saturated rings. The van der Waals surface area contributed by atoms with Crippen LogP contribution in [-0.4, -0.2) is 5.26 Å². The molecule has 3 saturated carbocycles. The molecule has 0 heterocycles. The van der Waals surface area contributed by atoms with Gasteiger partial charge in [0.25, 0.3) is 0 Å². The molecule has 0 radical (unpaired) electrons. The highest BCUT2D eigenvalue weighted by Crippen LogP contribution is 2.61. The first-order valence-electron chi connectivity index (χ1n) is 4.80. The maximum Gasteiger partial charge on any atom is -0.0295 e. The largest absolute Gasteiger partial charge is 0.727 e. The first kappa shape index (κ1) is 10.0. The molecule has 0 aromatic rings. The fraction of sp³-hybridized carbons (Fsp3) is 1.00. The van der Waals surface area contributed by atoms with Gasteiger partial charge in [0.1, 0.15) is 0 Å². The Labute approximate surface area is 74.5 Å². The van der Waals surface area contributed by atoms with Gasteiger partial charge in [-0.25, -0.2) is 0 Å². The van der Waals surface area contributed by atoms with E-state index in [1.54, 1.807) is 0 Å². The first-order chi connectivity index (χ1) is 5.62. The molecule has 3 rings (SSSR count). The average molecular weight is 171 g/mol. The minimum Gasteiger partial charge on any atom is -0.727 e. The van der Waals surface area contributed by atoms with Crippen LogP contribution in [0.4, 0.5) is 0 Å². The van der Waals surface area contributed by atoms with Crippen LogP contribution in [0.15, 0.2) is 0 Å². The number of hydrogen-bond donors (Lipinski definition) is 1. The normalized spacial score (nSPS) is 42.2. The van der Waals surface area contributed by atoms with Crippen LogP contribution < -0.4 is 5.26 Å². The Hall–Kier alpha value is -0.0800. The van der Waals surface area contributed by atoms with Gasteiger partial charge in [-0.15, -0.1) is 0 Å². The van der Waals surface area contributed by atoms with E-state index in [1.807, 2.05) is 0 Å². The van der Waals surface area contributed by atoms with E-state index in [9.17, 15) is 0 Å². The summed E-state index contributed by atoms with van der Waals surface area (Å²) in [6.45, 7) is 7.35. The molecular weight excluding hydrogens is 152 g/mol. The van der Waals surface area contributed by atoms with Crippen LogP contribution in [0, 0.1) is 23.2 Å². The Balaban J connectivity index is 0.000000336. The fourth-order valence-electron chi connectivity index (χ4n) is 3.18. The molecule has 3 aliphatic carbocycles. The molecule has 2 nitrogen and oxygen atoms in total. The third-order valence-corrected chi connectivity index (χ3v) is 4.20. The Morgan fingerprint density at radius 1 is 1.25 bits per heavy atom. The Morgan fingerprint density at radius 2 is 1.83 bits per heavy atom. The summed E-state index contributed by atoms with van der Waals surface area (Å²) in [5.74, 6) is 3.15. The summed E-state index contributed by atoms with van der Waals surface area (Å²) >= 11 is 0. The first-order valence-corrected chi connectivity index (χ1v) is 4.80. The predicted octanol–water partition coefficient (Wildman–Crippen LogP) is 1.90. The Kier molecular flexibility index (Phi) is 2.79. The van der Waals surface area contributed by atoms with Gasteiger partial charge < -0.3 is 10.5 Å². The van der Waals surface area contributed by atoms with Gasteiger partial charge in [-0.1, -0.05) is 27.2 Å². The molecule has 2 bridgehead atoms. The Bertz CT molecular complexity index is 152. The van der Waals surface area contributed by atoms with Gasteiger partial charge in [-0.3, -0.25) is 0 Å². The van der Waals surface area contributed by atoms with Gasteiger partial charge in [0.15, 0.2) is 0 Å². The zero-order chi connectivity index (χ0) is 9.35. The van der Waals surface area contributed by atoms with E-state index in [2.05, 4.69) is 20.8 Å². The van der Waals surface area contributed by atoms with Crippen molar-refractivity contribution in [2.45, 2.75) is 40.0 Å². The number of hydrogen-bond acceptors (Lipinski definition) is 2. The van der Waals surface area contributed by atoms with Crippen LogP contribution in [0.1, 0.15) is 40.0 Å². The van der Waals surface area contributed by atoms with E-state index in [1.165, 1.54) is 19.3 Å². The zero-order valence-corrected chi connectivity index (χ0v) is 8.21. The lowest BCUT2D eigenvalue weighted by atomic mass is 9.46. The van der Waals surface area contributed by atoms with E-state index < -0.39 is 0 Å². The molecular formula is C10H19O2-. The number of rotatable bonds is 0. The molecule has 0 spiro atoms. The lowest BCUT2D eigenvalue weighted by Gasteiger charge is -2.59. The molecule has 0 amide bonds. The summed E-state index contributed by atoms with van der Waals surface area (Å²) < 4.78 is 0. The third kappa shape index (κ3) is 1.27. The highest BCUT2D eigenvalue weighted by atomic mass is 17.0. The van der Waals surface area contributed by atoms with E-state index in [0.717, 1.165) is 17.8 Å². The minimum atomic E-state index is 0.706. The van der Waals surface area contributed by atoms with Gasteiger partial charge in [0.2, 0.25) is 0 Å². The highest BCUT2D eigenvalue weighted by Gasteiger charge is 2.52. The molecule has 2 heteroatoms. The summed E-state index contributed by atoms with van der Waals surface area (Å²) in [6, 6.07) is 0. The summed E-state index contributed by atoms with van der Waals surface area (Å²) in [5, 5.41) is 13.0. The molecule has 0 aromatic heterocycles. The van der Waals surface area contributed by atoms with Crippen molar-refractivity contribution in [3.8, 4) is 0 Å². The predicted molar refractivity (Wildman–Crippen MR) is 46.4 cm³/mol. The topological polar surface area (TPSA) is 43.3 Å². The summed E-state index contributed by atoms with van der Waals surface area (Å²) in [6.07, 6.45) is 4.54. The fourth-order valence-corrected chi connectivity index (χ4v) is 3.18. The molecule has 3 atom stereocenters. The average Bonchev–Trinajstić information content (AvgIpc) is 2.07. The molecule has 72 valence electrons. The summed E-state index contributed by atoms with van der Waals surface area (Å²) in [5.41, 5.74) is 0.706. The minimum absolute atomic E-state index is 0.706. The monoisotopic (exact) mass is 171 g/mol. The third-order valence-electron chi connectivity index (χ3n) is 4.20. The van der Waals surface area contributed by atoms with E-state index >= 15 is 0 Å². The van der Waals surface area contributed by atoms with Crippen molar-refractivity contribution in [2.75, 3.05) is 0 Å². The molecule has 12 heavy (non-hydrogen) atoms. The van der Waals surface area contributed by atoms with Crippen LogP contribution in [0.25, 0.3) is 0 Å². The van der Waals surface area contributed by atoms with E-state index in [0.29, 0.717) is 5.41 Å². The van der Waals surface area contributed by atoms with Gasteiger partial charge in [0, 0.05) is 0 Å². The summed E-state index contributed by atoms with van der Waals surface area (Å²) in [7, 11) is 0. The van der Waals surface area contributed by atoms with Crippen LogP contribution in [0.3, 0.4) is 0 Å². The van der Waals surface area contributed by atoms with Gasteiger partial charge >= 0.3 is 0 Å². The quantitative estimate of drug-likeness (QED) is 0.447. The lowest BCUT2D eigenvalue weighted by molar-refractivity contribution is -0.670. The summed E-state index contributed by atoms with van der Waals surface area (Å²) in [4.78, 5) is 0. The maximum absolute atomic E-state index is 7.25. The van der Waals surface area contributed by atoms with E-state index in [-0.39, 0.29) is 0 Å². The van der Waals surface area contributed by atoms with Crippen molar-refractivity contribution < 1.29 is 10.5 Å². The van der Waals surface area contributed by atoms with Gasteiger partial charge in [-0.2, -0.15) is 0 Å². The molecule has 3 aliphatic rings. The molecule has 3 unspecified atom stereocenters. The van der Waals surface area contributed by atoms with Crippen LogP contribution >= 0.6 is 0 Å². The van der Waals surface area contributed by atoms with Crippen molar-refractivity contribution in [3.63, 3.8) is 0 Å². The van der Waals surface area contributed by atoms with Gasteiger partial charge in [-0.05, 0) is 36.0 Å². The highest BCUT2D eigenvalue weighted by molar-refractivity contribution is 5.01. The second-order valence-electron chi connectivity index (χ2n) is 4.92. The van der Waals surface area contributed by atoms with Crippen molar-refractivity contribution >= 4 is 0 Å². The van der Waals surface area contributed by atoms with Crippen molar-refractivity contribution in [2.24, 2.45) is 23.2 Å². The SMILES string of the molecule is CC1CCC2CC1C2(C)C.[O-]O. The Morgan fingerprint density at radius 3 is 2.08 bits per heavy atom. The van der Waals surface area contributed by atoms with Crippen molar-refractivity contribution in [1.82, 2.24) is 0 Å². The smallest absolute Gasteiger partial charge is 0.0295 e. The molecule has 0 aromatic carbocycles.